The van der Waals surface area contributed by atoms with Crippen LogP contribution in [0.5, 0.6) is 0 Å². The first-order valence-electron chi connectivity index (χ1n) is 4.45. The van der Waals surface area contributed by atoms with Gasteiger partial charge in [0.05, 0.1) is 11.9 Å². The van der Waals surface area contributed by atoms with Crippen molar-refractivity contribution in [1.29, 1.82) is 0 Å². The first-order valence-corrected chi connectivity index (χ1v) is 4.45. The smallest absolute Gasteiger partial charge is 0.112 e. The SMILES string of the molecule is CCCC(C)(CC)N=CN=CN. The van der Waals surface area contributed by atoms with Crippen molar-refractivity contribution in [2.45, 2.75) is 45.6 Å². The number of aliphatic imine (C=N–C) groups is 2. The largest absolute Gasteiger partial charge is 0.390 e. The topological polar surface area (TPSA) is 50.7 Å². The van der Waals surface area contributed by atoms with Crippen LogP contribution in [-0.2, 0) is 0 Å². The normalized spacial score (nSPS) is 17.2. The molecule has 2 N–H and O–H groups in total. The first kappa shape index (κ1) is 11.1. The van der Waals surface area contributed by atoms with Crippen LogP contribution < -0.4 is 5.73 Å². The summed E-state index contributed by atoms with van der Waals surface area (Å²) in [6, 6.07) is 0. The van der Waals surface area contributed by atoms with Crippen LogP contribution in [0.1, 0.15) is 40.0 Å². The van der Waals surface area contributed by atoms with E-state index in [1.807, 2.05) is 0 Å². The molecule has 0 saturated carbocycles. The zero-order valence-electron chi connectivity index (χ0n) is 8.25. The van der Waals surface area contributed by atoms with Crippen LogP contribution in [0.25, 0.3) is 0 Å². The molecule has 3 heteroatoms. The van der Waals surface area contributed by atoms with Gasteiger partial charge in [-0.05, 0) is 19.8 Å². The molecule has 1 unspecified atom stereocenters. The van der Waals surface area contributed by atoms with Crippen LogP contribution in [-0.4, -0.2) is 18.2 Å². The standard InChI is InChI=1S/C9H19N3/c1-4-6-9(3,5-2)12-8-11-7-10/h7-8H,4-6H2,1-3H3,(H2,10,11,12). The molecule has 0 aliphatic heterocycles. The molecule has 0 aliphatic rings. The van der Waals surface area contributed by atoms with Crippen molar-refractivity contribution < 1.29 is 0 Å². The Labute approximate surface area is 74.8 Å². The Morgan fingerprint density at radius 3 is 2.50 bits per heavy atom. The van der Waals surface area contributed by atoms with Gasteiger partial charge >= 0.3 is 0 Å². The molecule has 0 rings (SSSR count). The second-order valence-corrected chi connectivity index (χ2v) is 3.14. The molecular weight excluding hydrogens is 150 g/mol. The molecule has 0 aromatic rings. The van der Waals surface area contributed by atoms with Crippen LogP contribution in [0.3, 0.4) is 0 Å². The molecule has 0 spiro atoms. The summed E-state index contributed by atoms with van der Waals surface area (Å²) in [4.78, 5) is 8.10. The Morgan fingerprint density at radius 1 is 1.42 bits per heavy atom. The van der Waals surface area contributed by atoms with E-state index in [-0.39, 0.29) is 5.54 Å². The zero-order valence-corrected chi connectivity index (χ0v) is 8.25. The Hall–Kier alpha value is -0.860. The van der Waals surface area contributed by atoms with Crippen LogP contribution in [0.2, 0.25) is 0 Å². The van der Waals surface area contributed by atoms with E-state index in [9.17, 15) is 0 Å². The average molecular weight is 169 g/mol. The van der Waals surface area contributed by atoms with Gasteiger partial charge in [0, 0.05) is 0 Å². The van der Waals surface area contributed by atoms with E-state index in [4.69, 9.17) is 5.73 Å². The fourth-order valence-electron chi connectivity index (χ4n) is 1.08. The lowest BCUT2D eigenvalue weighted by atomic mass is 9.94. The van der Waals surface area contributed by atoms with Crippen LogP contribution in [0.15, 0.2) is 9.98 Å². The summed E-state index contributed by atoms with van der Waals surface area (Å²) < 4.78 is 0. The monoisotopic (exact) mass is 169 g/mol. The maximum atomic E-state index is 5.09. The zero-order chi connectivity index (χ0) is 9.45. The van der Waals surface area contributed by atoms with Gasteiger partial charge in [0.2, 0.25) is 0 Å². The number of hydrogen-bond donors (Lipinski definition) is 1. The first-order chi connectivity index (χ1) is 5.68. The fraction of sp³-hybridized carbons (Fsp3) is 0.778. The molecule has 3 nitrogen and oxygen atoms in total. The van der Waals surface area contributed by atoms with E-state index in [1.54, 1.807) is 6.34 Å². The number of hydrogen-bond acceptors (Lipinski definition) is 1. The Morgan fingerprint density at radius 2 is 2.08 bits per heavy atom. The molecule has 0 saturated heterocycles. The van der Waals surface area contributed by atoms with Gasteiger partial charge in [0.1, 0.15) is 6.34 Å². The minimum Gasteiger partial charge on any atom is -0.390 e. The lowest BCUT2D eigenvalue weighted by Gasteiger charge is -2.21. The minimum atomic E-state index is 0.0429. The highest BCUT2D eigenvalue weighted by Gasteiger charge is 2.17. The fourth-order valence-corrected chi connectivity index (χ4v) is 1.08. The summed E-state index contributed by atoms with van der Waals surface area (Å²) in [5.41, 5.74) is 5.13. The van der Waals surface area contributed by atoms with E-state index in [0.29, 0.717) is 0 Å². The van der Waals surface area contributed by atoms with Gasteiger partial charge in [-0.2, -0.15) is 0 Å². The van der Waals surface area contributed by atoms with Crippen LogP contribution >= 0.6 is 0 Å². The summed E-state index contributed by atoms with van der Waals surface area (Å²) in [5.74, 6) is 0. The third-order valence-electron chi connectivity index (χ3n) is 2.07. The van der Waals surface area contributed by atoms with Gasteiger partial charge in [-0.1, -0.05) is 20.3 Å². The lowest BCUT2D eigenvalue weighted by molar-refractivity contribution is 0.418. The summed E-state index contributed by atoms with van der Waals surface area (Å²) in [6.45, 7) is 6.44. The maximum absolute atomic E-state index is 5.09. The highest BCUT2D eigenvalue weighted by Crippen LogP contribution is 2.20. The second kappa shape index (κ2) is 5.75. The molecule has 0 bridgehead atoms. The number of nitrogens with two attached hydrogens (primary N) is 1. The summed E-state index contributed by atoms with van der Waals surface area (Å²) >= 11 is 0. The van der Waals surface area contributed by atoms with Crippen LogP contribution in [0.4, 0.5) is 0 Å². The van der Waals surface area contributed by atoms with Crippen molar-refractivity contribution in [2.75, 3.05) is 0 Å². The summed E-state index contributed by atoms with van der Waals surface area (Å²) in [5, 5.41) is 0. The predicted octanol–water partition coefficient (Wildman–Crippen LogP) is 1.97. The average Bonchev–Trinajstić information content (AvgIpc) is 2.06. The van der Waals surface area contributed by atoms with E-state index < -0.39 is 0 Å². The van der Waals surface area contributed by atoms with Crippen molar-refractivity contribution >= 4 is 12.7 Å². The van der Waals surface area contributed by atoms with Gasteiger partial charge in [-0.25, -0.2) is 4.99 Å². The molecule has 0 aromatic heterocycles. The van der Waals surface area contributed by atoms with Gasteiger partial charge in [-0.15, -0.1) is 0 Å². The Balaban J connectivity index is 4.12. The van der Waals surface area contributed by atoms with E-state index in [1.165, 1.54) is 6.34 Å². The van der Waals surface area contributed by atoms with Gasteiger partial charge in [0.15, 0.2) is 0 Å². The second-order valence-electron chi connectivity index (χ2n) is 3.14. The molecular formula is C9H19N3. The minimum absolute atomic E-state index is 0.0429. The maximum Gasteiger partial charge on any atom is 0.112 e. The molecule has 0 fully saturated rings. The molecule has 0 aliphatic carbocycles. The highest BCUT2D eigenvalue weighted by atomic mass is 14.9. The lowest BCUT2D eigenvalue weighted by Crippen LogP contribution is -2.20. The van der Waals surface area contributed by atoms with Gasteiger partial charge in [-0.3, -0.25) is 4.99 Å². The van der Waals surface area contributed by atoms with Crippen molar-refractivity contribution in [2.24, 2.45) is 15.7 Å². The molecule has 70 valence electrons. The molecule has 1 atom stereocenters. The third kappa shape index (κ3) is 4.11. The van der Waals surface area contributed by atoms with Crippen molar-refractivity contribution in [3.63, 3.8) is 0 Å². The third-order valence-corrected chi connectivity index (χ3v) is 2.07. The molecule has 0 aromatic carbocycles. The highest BCUT2D eigenvalue weighted by molar-refractivity contribution is 5.69. The van der Waals surface area contributed by atoms with E-state index >= 15 is 0 Å². The van der Waals surface area contributed by atoms with Gasteiger partial charge in [0.25, 0.3) is 0 Å². The number of rotatable bonds is 5. The number of nitrogens with zero attached hydrogens (tertiary/aromatic N) is 2. The van der Waals surface area contributed by atoms with Gasteiger partial charge < -0.3 is 5.73 Å². The molecule has 0 radical (unpaired) electrons. The molecule has 12 heavy (non-hydrogen) atoms. The van der Waals surface area contributed by atoms with Crippen molar-refractivity contribution in [3.05, 3.63) is 0 Å². The quantitative estimate of drug-likeness (QED) is 0.496. The predicted molar refractivity (Wildman–Crippen MR) is 54.8 cm³/mol. The van der Waals surface area contributed by atoms with Crippen LogP contribution in [0, 0.1) is 0 Å². The Bertz CT molecular complexity index is 163. The van der Waals surface area contributed by atoms with E-state index in [2.05, 4.69) is 30.8 Å². The van der Waals surface area contributed by atoms with Crippen molar-refractivity contribution in [1.82, 2.24) is 0 Å². The van der Waals surface area contributed by atoms with Crippen molar-refractivity contribution in [3.8, 4) is 0 Å². The summed E-state index contributed by atoms with van der Waals surface area (Å²) in [6.07, 6.45) is 6.08. The van der Waals surface area contributed by atoms with E-state index in [0.717, 1.165) is 19.3 Å². The molecule has 0 amide bonds. The summed E-state index contributed by atoms with van der Waals surface area (Å²) in [7, 11) is 0. The Kier molecular flexibility index (Phi) is 5.34. The molecule has 0 heterocycles.